The van der Waals surface area contributed by atoms with E-state index in [1.807, 2.05) is 36.4 Å². The summed E-state index contributed by atoms with van der Waals surface area (Å²) in [6, 6.07) is 11.7. The molecule has 0 aliphatic heterocycles. The van der Waals surface area contributed by atoms with E-state index in [1.165, 1.54) is 0 Å². The zero-order valence-corrected chi connectivity index (χ0v) is 9.57. The summed E-state index contributed by atoms with van der Waals surface area (Å²) >= 11 is 4.19. The molecule has 1 aromatic carbocycles. The zero-order valence-electron chi connectivity index (χ0n) is 8.68. The van der Waals surface area contributed by atoms with Gasteiger partial charge in [0.05, 0.1) is 5.69 Å². The monoisotopic (exact) mass is 227 g/mol. The van der Waals surface area contributed by atoms with Crippen molar-refractivity contribution in [1.82, 2.24) is 9.97 Å². The van der Waals surface area contributed by atoms with Crippen molar-refractivity contribution in [3.05, 3.63) is 41.6 Å². The molecule has 0 N–H and O–H groups in total. The minimum Gasteiger partial charge on any atom is -0.232 e. The van der Waals surface area contributed by atoms with Crippen molar-refractivity contribution < 1.29 is 0 Å². The van der Waals surface area contributed by atoms with E-state index in [9.17, 15) is 0 Å². The fourth-order valence-corrected chi connectivity index (χ4v) is 1.71. The Labute approximate surface area is 99.2 Å². The Kier molecular flexibility index (Phi) is 2.88. The van der Waals surface area contributed by atoms with Crippen molar-refractivity contribution in [1.29, 1.82) is 5.26 Å². The van der Waals surface area contributed by atoms with Gasteiger partial charge in [0.2, 0.25) is 0 Å². The molecule has 78 valence electrons. The maximum Gasteiger partial charge on any atom is 0.160 e. The first-order chi connectivity index (χ1) is 7.72. The molecular weight excluding hydrogens is 218 g/mol. The molecule has 0 saturated carbocycles. The van der Waals surface area contributed by atoms with Gasteiger partial charge in [-0.3, -0.25) is 0 Å². The van der Waals surface area contributed by atoms with Crippen LogP contribution in [0.4, 0.5) is 0 Å². The topological polar surface area (TPSA) is 49.6 Å². The van der Waals surface area contributed by atoms with Gasteiger partial charge < -0.3 is 0 Å². The van der Waals surface area contributed by atoms with E-state index in [-0.39, 0.29) is 0 Å². The number of hydrogen-bond acceptors (Lipinski definition) is 4. The molecule has 0 fully saturated rings. The van der Waals surface area contributed by atoms with Gasteiger partial charge in [0.1, 0.15) is 16.7 Å². The average molecular weight is 227 g/mol. The lowest BCUT2D eigenvalue weighted by molar-refractivity contribution is 1.00. The predicted octanol–water partition coefficient (Wildman–Crippen LogP) is 2.61. The number of aromatic nitrogens is 2. The van der Waals surface area contributed by atoms with E-state index in [2.05, 4.69) is 22.6 Å². The molecule has 0 bridgehead atoms. The van der Waals surface area contributed by atoms with E-state index >= 15 is 0 Å². The van der Waals surface area contributed by atoms with Crippen LogP contribution in [0.3, 0.4) is 0 Å². The van der Waals surface area contributed by atoms with E-state index in [0.29, 0.717) is 22.1 Å². The van der Waals surface area contributed by atoms with E-state index < -0.39 is 0 Å². The number of nitriles is 1. The third-order valence-corrected chi connectivity index (χ3v) is 2.54. The largest absolute Gasteiger partial charge is 0.232 e. The minimum absolute atomic E-state index is 0.425. The van der Waals surface area contributed by atoms with Gasteiger partial charge in [0.15, 0.2) is 5.82 Å². The van der Waals surface area contributed by atoms with Gasteiger partial charge in [0.25, 0.3) is 0 Å². The van der Waals surface area contributed by atoms with Crippen LogP contribution < -0.4 is 0 Å². The van der Waals surface area contributed by atoms with Gasteiger partial charge in [0, 0.05) is 5.56 Å². The molecule has 2 aromatic rings. The highest BCUT2D eigenvalue weighted by molar-refractivity contribution is 7.80. The van der Waals surface area contributed by atoms with Crippen LogP contribution >= 0.6 is 12.6 Å². The van der Waals surface area contributed by atoms with Crippen LogP contribution in [0.1, 0.15) is 11.3 Å². The molecule has 0 radical (unpaired) electrons. The summed E-state index contributed by atoms with van der Waals surface area (Å²) in [7, 11) is 0. The Morgan fingerprint density at radius 3 is 2.44 bits per heavy atom. The molecule has 1 heterocycles. The van der Waals surface area contributed by atoms with Gasteiger partial charge >= 0.3 is 0 Å². The average Bonchev–Trinajstić information content (AvgIpc) is 2.30. The van der Waals surface area contributed by atoms with Crippen LogP contribution in [-0.2, 0) is 0 Å². The first-order valence-electron chi connectivity index (χ1n) is 4.75. The zero-order chi connectivity index (χ0) is 11.5. The first-order valence-corrected chi connectivity index (χ1v) is 5.20. The number of hydrogen-bond donors (Lipinski definition) is 1. The lowest BCUT2D eigenvalue weighted by atomic mass is 10.2. The predicted molar refractivity (Wildman–Crippen MR) is 64.2 cm³/mol. The Morgan fingerprint density at radius 1 is 1.19 bits per heavy atom. The van der Waals surface area contributed by atoms with Crippen LogP contribution in [0.15, 0.2) is 35.4 Å². The van der Waals surface area contributed by atoms with Gasteiger partial charge in [-0.15, -0.1) is 12.6 Å². The summed E-state index contributed by atoms with van der Waals surface area (Å²) in [4.78, 5) is 8.50. The lowest BCUT2D eigenvalue weighted by Crippen LogP contribution is -1.97. The van der Waals surface area contributed by atoms with E-state index in [4.69, 9.17) is 5.26 Å². The maximum absolute atomic E-state index is 8.88. The number of benzene rings is 1. The number of aryl methyl sites for hydroxylation is 1. The summed E-state index contributed by atoms with van der Waals surface area (Å²) in [5.74, 6) is 0.599. The highest BCUT2D eigenvalue weighted by Crippen LogP contribution is 2.20. The fraction of sp³-hybridized carbons (Fsp3) is 0.0833. The minimum atomic E-state index is 0.425. The van der Waals surface area contributed by atoms with Crippen LogP contribution in [0.2, 0.25) is 0 Å². The third kappa shape index (κ3) is 1.90. The van der Waals surface area contributed by atoms with Crippen molar-refractivity contribution in [2.24, 2.45) is 0 Å². The second-order valence-electron chi connectivity index (χ2n) is 3.31. The molecule has 2 rings (SSSR count). The van der Waals surface area contributed by atoms with E-state index in [0.717, 1.165) is 5.56 Å². The van der Waals surface area contributed by atoms with Crippen LogP contribution in [0, 0.1) is 18.3 Å². The summed E-state index contributed by atoms with van der Waals surface area (Å²) in [5.41, 5.74) is 2.01. The molecule has 3 nitrogen and oxygen atoms in total. The molecule has 0 amide bonds. The van der Waals surface area contributed by atoms with Crippen LogP contribution in [-0.4, -0.2) is 9.97 Å². The molecule has 0 saturated heterocycles. The molecule has 1 aromatic heterocycles. The van der Waals surface area contributed by atoms with Crippen molar-refractivity contribution in [2.45, 2.75) is 11.9 Å². The van der Waals surface area contributed by atoms with Crippen LogP contribution in [0.5, 0.6) is 0 Å². The second-order valence-corrected chi connectivity index (χ2v) is 3.73. The third-order valence-electron chi connectivity index (χ3n) is 2.21. The van der Waals surface area contributed by atoms with Crippen molar-refractivity contribution >= 4 is 12.6 Å². The summed E-state index contributed by atoms with van der Waals surface area (Å²) in [5, 5.41) is 9.31. The lowest BCUT2D eigenvalue weighted by Gasteiger charge is -2.04. The highest BCUT2D eigenvalue weighted by Gasteiger charge is 2.09. The molecule has 0 aliphatic rings. The molecule has 0 unspecified atom stereocenters. The molecule has 0 spiro atoms. The highest BCUT2D eigenvalue weighted by atomic mass is 32.1. The summed E-state index contributed by atoms with van der Waals surface area (Å²) < 4.78 is 0. The normalized spacial score (nSPS) is 9.81. The second kappa shape index (κ2) is 4.33. The molecule has 16 heavy (non-hydrogen) atoms. The van der Waals surface area contributed by atoms with Gasteiger partial charge in [-0.25, -0.2) is 9.97 Å². The summed E-state index contributed by atoms with van der Waals surface area (Å²) in [6.45, 7) is 1.78. The smallest absolute Gasteiger partial charge is 0.160 e. The Hall–Kier alpha value is -1.86. The first kappa shape index (κ1) is 10.7. The number of thiol groups is 1. The molecule has 0 aliphatic carbocycles. The van der Waals surface area contributed by atoms with Crippen LogP contribution in [0.25, 0.3) is 11.4 Å². The molecule has 0 atom stereocenters. The number of nitrogens with zero attached hydrogens (tertiary/aromatic N) is 3. The van der Waals surface area contributed by atoms with Gasteiger partial charge in [-0.1, -0.05) is 30.3 Å². The van der Waals surface area contributed by atoms with E-state index in [1.54, 1.807) is 6.92 Å². The fourth-order valence-electron chi connectivity index (χ4n) is 1.40. The van der Waals surface area contributed by atoms with Crippen molar-refractivity contribution in [2.75, 3.05) is 0 Å². The summed E-state index contributed by atoms with van der Waals surface area (Å²) in [6.07, 6.45) is 0. The maximum atomic E-state index is 8.88. The Bertz CT molecular complexity index is 535. The Morgan fingerprint density at radius 2 is 1.88 bits per heavy atom. The van der Waals surface area contributed by atoms with Gasteiger partial charge in [-0.2, -0.15) is 5.26 Å². The van der Waals surface area contributed by atoms with Gasteiger partial charge in [-0.05, 0) is 6.92 Å². The standard InChI is InChI=1S/C12H9N3S/c1-8-10(7-13)12(16)15-11(14-8)9-5-3-2-4-6-9/h2-6H,1H3,(H,14,15,16). The van der Waals surface area contributed by atoms with Crippen molar-refractivity contribution in [3.8, 4) is 17.5 Å². The molecular formula is C12H9N3S. The Balaban J connectivity index is 2.58. The SMILES string of the molecule is Cc1nc(-c2ccccc2)nc(S)c1C#N. The molecule has 4 heteroatoms. The van der Waals surface area contributed by atoms with Crippen molar-refractivity contribution in [3.63, 3.8) is 0 Å². The number of rotatable bonds is 1. The quantitative estimate of drug-likeness (QED) is 0.601.